The lowest BCUT2D eigenvalue weighted by molar-refractivity contribution is -0.120. The fourth-order valence-corrected chi connectivity index (χ4v) is 2.51. The number of hydrogen-bond donors (Lipinski definition) is 2. The van der Waals surface area contributed by atoms with Crippen LogP contribution in [0, 0.1) is 0 Å². The summed E-state index contributed by atoms with van der Waals surface area (Å²) in [4.78, 5) is 28.2. The fourth-order valence-electron chi connectivity index (χ4n) is 2.51. The minimum absolute atomic E-state index is 0.0862. The highest BCUT2D eigenvalue weighted by Crippen LogP contribution is 2.22. The molecule has 0 aliphatic rings. The third kappa shape index (κ3) is 4.57. The van der Waals surface area contributed by atoms with Gasteiger partial charge in [0, 0.05) is 18.7 Å². The van der Waals surface area contributed by atoms with Gasteiger partial charge in [-0.2, -0.15) is 0 Å². The first kappa shape index (κ1) is 17.4. The van der Waals surface area contributed by atoms with Crippen LogP contribution in [0.3, 0.4) is 0 Å². The van der Waals surface area contributed by atoms with Gasteiger partial charge < -0.3 is 15.1 Å². The van der Waals surface area contributed by atoms with Crippen molar-refractivity contribution >= 4 is 11.8 Å². The maximum Gasteiger partial charge on any atom is 0.273 e. The van der Waals surface area contributed by atoms with E-state index in [1.54, 1.807) is 0 Å². The van der Waals surface area contributed by atoms with Crippen molar-refractivity contribution in [2.45, 2.75) is 6.42 Å². The van der Waals surface area contributed by atoms with Gasteiger partial charge in [0.1, 0.15) is 0 Å². The Morgan fingerprint density at radius 1 is 0.885 bits per heavy atom. The maximum atomic E-state index is 12.3. The second-order valence-corrected chi connectivity index (χ2v) is 5.66. The number of carbonyl (C=O) groups is 2. The number of rotatable bonds is 7. The largest absolute Gasteiger partial charge is 0.443 e. The summed E-state index contributed by atoms with van der Waals surface area (Å²) in [5.41, 5.74) is 1.96. The minimum Gasteiger partial charge on any atom is -0.443 e. The van der Waals surface area contributed by atoms with Gasteiger partial charge in [-0.05, 0) is 5.56 Å². The van der Waals surface area contributed by atoms with Gasteiger partial charge >= 0.3 is 0 Å². The number of amides is 2. The number of oxazole rings is 1. The Labute approximate surface area is 151 Å². The Morgan fingerprint density at radius 3 is 2.27 bits per heavy atom. The molecule has 0 atom stereocenters. The molecule has 2 N–H and O–H groups in total. The van der Waals surface area contributed by atoms with Gasteiger partial charge in [-0.25, -0.2) is 4.98 Å². The van der Waals surface area contributed by atoms with Crippen LogP contribution in [-0.4, -0.2) is 29.9 Å². The van der Waals surface area contributed by atoms with Gasteiger partial charge in [-0.15, -0.1) is 0 Å². The first-order chi connectivity index (χ1) is 12.7. The number of benzene rings is 2. The average molecular weight is 349 g/mol. The zero-order valence-electron chi connectivity index (χ0n) is 14.1. The van der Waals surface area contributed by atoms with E-state index in [9.17, 15) is 9.59 Å². The molecule has 26 heavy (non-hydrogen) atoms. The minimum atomic E-state index is -0.338. The molecule has 2 aromatic carbocycles. The van der Waals surface area contributed by atoms with Gasteiger partial charge in [0.25, 0.3) is 5.91 Å². The lowest BCUT2D eigenvalue weighted by Crippen LogP contribution is -2.35. The van der Waals surface area contributed by atoms with E-state index in [0.29, 0.717) is 25.3 Å². The van der Waals surface area contributed by atoms with E-state index in [2.05, 4.69) is 15.6 Å². The summed E-state index contributed by atoms with van der Waals surface area (Å²) in [6.07, 6.45) is 1.56. The third-order valence-electron chi connectivity index (χ3n) is 3.76. The molecule has 0 spiro atoms. The molecule has 0 saturated carbocycles. The SMILES string of the molecule is O=C(Cc1ccccc1)NCCNC(=O)c1ncoc1-c1ccccc1. The number of nitrogens with zero attached hydrogens (tertiary/aromatic N) is 1. The van der Waals surface area contributed by atoms with Crippen LogP contribution >= 0.6 is 0 Å². The molecule has 6 nitrogen and oxygen atoms in total. The van der Waals surface area contributed by atoms with Crippen LogP contribution in [0.5, 0.6) is 0 Å². The molecule has 6 heteroatoms. The van der Waals surface area contributed by atoms with Crippen LogP contribution in [0.4, 0.5) is 0 Å². The smallest absolute Gasteiger partial charge is 0.273 e. The molecule has 0 saturated heterocycles. The molecule has 2 amide bonds. The van der Waals surface area contributed by atoms with Crippen LogP contribution in [0.1, 0.15) is 16.1 Å². The third-order valence-corrected chi connectivity index (χ3v) is 3.76. The summed E-state index contributed by atoms with van der Waals surface area (Å²) in [5.74, 6) is 0.00276. The zero-order valence-corrected chi connectivity index (χ0v) is 14.1. The molecular formula is C20H19N3O3. The van der Waals surface area contributed by atoms with Gasteiger partial charge in [0.2, 0.25) is 5.91 Å². The highest BCUT2D eigenvalue weighted by molar-refractivity contribution is 5.97. The van der Waals surface area contributed by atoms with Crippen LogP contribution in [0.2, 0.25) is 0 Å². The molecule has 1 heterocycles. The van der Waals surface area contributed by atoms with Crippen LogP contribution in [0.25, 0.3) is 11.3 Å². The van der Waals surface area contributed by atoms with Crippen molar-refractivity contribution in [1.29, 1.82) is 0 Å². The standard InChI is InChI=1S/C20H19N3O3/c24-17(13-15-7-3-1-4-8-15)21-11-12-22-20(25)18-19(26-14-23-18)16-9-5-2-6-10-16/h1-10,14H,11-13H2,(H,21,24)(H,22,25). The van der Waals surface area contributed by atoms with Crippen LogP contribution in [-0.2, 0) is 11.2 Å². The average Bonchev–Trinajstić information content (AvgIpc) is 3.16. The van der Waals surface area contributed by atoms with Crippen molar-refractivity contribution in [3.05, 3.63) is 78.3 Å². The Hall–Kier alpha value is -3.41. The van der Waals surface area contributed by atoms with E-state index in [1.165, 1.54) is 6.39 Å². The summed E-state index contributed by atoms with van der Waals surface area (Å²) in [5, 5.41) is 5.52. The Morgan fingerprint density at radius 2 is 1.54 bits per heavy atom. The van der Waals surface area contributed by atoms with Gasteiger partial charge in [-0.3, -0.25) is 9.59 Å². The Kier molecular flexibility index (Phi) is 5.77. The molecule has 3 aromatic rings. The fraction of sp³-hybridized carbons (Fsp3) is 0.150. The number of carbonyl (C=O) groups excluding carboxylic acids is 2. The first-order valence-corrected chi connectivity index (χ1v) is 8.32. The van der Waals surface area contributed by atoms with Gasteiger partial charge in [-0.1, -0.05) is 60.7 Å². The molecule has 1 aromatic heterocycles. The lowest BCUT2D eigenvalue weighted by Gasteiger charge is -2.07. The van der Waals surface area contributed by atoms with E-state index in [4.69, 9.17) is 4.42 Å². The molecule has 0 aliphatic carbocycles. The van der Waals surface area contributed by atoms with Crippen molar-refractivity contribution in [3.63, 3.8) is 0 Å². The first-order valence-electron chi connectivity index (χ1n) is 8.32. The molecule has 132 valence electrons. The van der Waals surface area contributed by atoms with Gasteiger partial charge in [0.05, 0.1) is 6.42 Å². The highest BCUT2D eigenvalue weighted by Gasteiger charge is 2.17. The summed E-state index contributed by atoms with van der Waals surface area (Å²) in [6, 6.07) is 18.8. The molecule has 0 aliphatic heterocycles. The topological polar surface area (TPSA) is 84.2 Å². The zero-order chi connectivity index (χ0) is 18.2. The molecule has 0 radical (unpaired) electrons. The van der Waals surface area contributed by atoms with Crippen LogP contribution in [0.15, 0.2) is 71.5 Å². The van der Waals surface area contributed by atoms with Crippen molar-refractivity contribution < 1.29 is 14.0 Å². The van der Waals surface area contributed by atoms with E-state index < -0.39 is 0 Å². The quantitative estimate of drug-likeness (QED) is 0.642. The summed E-state index contributed by atoms with van der Waals surface area (Å²) in [6.45, 7) is 0.649. The predicted octanol–water partition coefficient (Wildman–Crippen LogP) is 2.43. The number of aromatic nitrogens is 1. The van der Waals surface area contributed by atoms with E-state index in [-0.39, 0.29) is 17.5 Å². The second kappa shape index (κ2) is 8.62. The number of nitrogens with one attached hydrogen (secondary N) is 2. The Bertz CT molecular complexity index is 860. The van der Waals surface area contributed by atoms with Crippen molar-refractivity contribution in [1.82, 2.24) is 15.6 Å². The molecular weight excluding hydrogens is 330 g/mol. The molecule has 0 fully saturated rings. The normalized spacial score (nSPS) is 10.3. The highest BCUT2D eigenvalue weighted by atomic mass is 16.3. The summed E-state index contributed by atoms with van der Waals surface area (Å²) >= 11 is 0. The van der Waals surface area contributed by atoms with Crippen LogP contribution < -0.4 is 10.6 Å². The number of hydrogen-bond acceptors (Lipinski definition) is 4. The summed E-state index contributed by atoms with van der Waals surface area (Å²) in [7, 11) is 0. The van der Waals surface area contributed by atoms with Crippen molar-refractivity contribution in [2.24, 2.45) is 0 Å². The molecule has 3 rings (SSSR count). The summed E-state index contributed by atoms with van der Waals surface area (Å²) < 4.78 is 5.34. The van der Waals surface area contributed by atoms with Crippen molar-refractivity contribution in [3.8, 4) is 11.3 Å². The molecule has 0 bridgehead atoms. The molecule has 0 unspecified atom stereocenters. The van der Waals surface area contributed by atoms with Crippen molar-refractivity contribution in [2.75, 3.05) is 13.1 Å². The van der Waals surface area contributed by atoms with E-state index in [1.807, 2.05) is 60.7 Å². The Balaban J connectivity index is 1.47. The second-order valence-electron chi connectivity index (χ2n) is 5.66. The maximum absolute atomic E-state index is 12.3. The van der Waals surface area contributed by atoms with Gasteiger partial charge in [0.15, 0.2) is 17.8 Å². The van der Waals surface area contributed by atoms with E-state index >= 15 is 0 Å². The lowest BCUT2D eigenvalue weighted by atomic mass is 10.1. The predicted molar refractivity (Wildman–Crippen MR) is 97.4 cm³/mol. The monoisotopic (exact) mass is 349 g/mol. The van der Waals surface area contributed by atoms with E-state index in [0.717, 1.165) is 11.1 Å².